The van der Waals surface area contributed by atoms with Crippen LogP contribution >= 0.6 is 0 Å². The summed E-state index contributed by atoms with van der Waals surface area (Å²) in [5, 5.41) is 2.72. The van der Waals surface area contributed by atoms with E-state index >= 15 is 0 Å². The van der Waals surface area contributed by atoms with Gasteiger partial charge in [0.05, 0.1) is 13.2 Å². The highest BCUT2D eigenvalue weighted by Crippen LogP contribution is 2.21. The summed E-state index contributed by atoms with van der Waals surface area (Å²) in [6, 6.07) is 2.62. The zero-order valence-corrected chi connectivity index (χ0v) is 16.7. The van der Waals surface area contributed by atoms with E-state index in [1.54, 1.807) is 23.6 Å². The third-order valence-electron chi connectivity index (χ3n) is 4.21. The standard InChI is InChI=1S/C19H25FN4O5/c1-4-28-18(26)14(19(27)29-5-2)12-21-16-7-6-15(20)17(22-16)24-10-8-23(9-11-24)13(3)25/h6-7,12H,4-5,8-11H2,1-3H3,(H,21,22). The van der Waals surface area contributed by atoms with Crippen molar-refractivity contribution in [3.05, 3.63) is 29.7 Å². The van der Waals surface area contributed by atoms with E-state index in [2.05, 4.69) is 10.3 Å². The monoisotopic (exact) mass is 408 g/mol. The minimum atomic E-state index is -0.832. The van der Waals surface area contributed by atoms with Crippen molar-refractivity contribution in [2.24, 2.45) is 0 Å². The number of hydrogen-bond donors (Lipinski definition) is 1. The molecule has 0 radical (unpaired) electrons. The topological polar surface area (TPSA) is 101 Å². The Balaban J connectivity index is 2.17. The molecule has 2 heterocycles. The molecule has 1 aliphatic rings. The van der Waals surface area contributed by atoms with E-state index in [9.17, 15) is 18.8 Å². The summed E-state index contributed by atoms with van der Waals surface area (Å²) < 4.78 is 24.0. The number of aromatic nitrogens is 1. The van der Waals surface area contributed by atoms with Crippen molar-refractivity contribution in [3.8, 4) is 0 Å². The van der Waals surface area contributed by atoms with E-state index in [1.165, 1.54) is 19.1 Å². The van der Waals surface area contributed by atoms with Crippen LogP contribution in [-0.4, -0.2) is 67.1 Å². The van der Waals surface area contributed by atoms with E-state index in [1.807, 2.05) is 0 Å². The van der Waals surface area contributed by atoms with Gasteiger partial charge in [0, 0.05) is 39.3 Å². The average Bonchev–Trinajstić information content (AvgIpc) is 2.70. The Kier molecular flexibility index (Phi) is 7.93. The van der Waals surface area contributed by atoms with E-state index in [-0.39, 0.29) is 36.3 Å². The average molecular weight is 408 g/mol. The summed E-state index contributed by atoms with van der Waals surface area (Å²) in [6.45, 7) is 6.77. The van der Waals surface area contributed by atoms with Crippen molar-refractivity contribution in [2.45, 2.75) is 20.8 Å². The third kappa shape index (κ3) is 5.90. The number of hydrogen-bond acceptors (Lipinski definition) is 8. The zero-order chi connectivity index (χ0) is 21.4. The van der Waals surface area contributed by atoms with Gasteiger partial charge in [-0.2, -0.15) is 0 Å². The molecule has 0 aromatic carbocycles. The Morgan fingerprint density at radius 3 is 2.21 bits per heavy atom. The van der Waals surface area contributed by atoms with Gasteiger partial charge in [0.1, 0.15) is 5.82 Å². The second-order valence-corrected chi connectivity index (χ2v) is 6.14. The SMILES string of the molecule is CCOC(=O)C(=CNc1ccc(F)c(N2CCN(C(C)=O)CC2)n1)C(=O)OCC. The molecule has 1 aromatic heterocycles. The van der Waals surface area contributed by atoms with Crippen molar-refractivity contribution in [2.75, 3.05) is 49.6 Å². The summed E-state index contributed by atoms with van der Waals surface area (Å²) in [4.78, 5) is 43.1. The number of nitrogens with zero attached hydrogens (tertiary/aromatic N) is 3. The van der Waals surface area contributed by atoms with Gasteiger partial charge in [-0.1, -0.05) is 0 Å². The van der Waals surface area contributed by atoms with Crippen LogP contribution in [0.3, 0.4) is 0 Å². The van der Waals surface area contributed by atoms with Crippen LogP contribution in [0.4, 0.5) is 16.0 Å². The third-order valence-corrected chi connectivity index (χ3v) is 4.21. The van der Waals surface area contributed by atoms with Gasteiger partial charge in [-0.3, -0.25) is 4.79 Å². The molecule has 1 aliphatic heterocycles. The molecule has 1 saturated heterocycles. The molecule has 2 rings (SSSR count). The van der Waals surface area contributed by atoms with Gasteiger partial charge in [0.2, 0.25) is 5.91 Å². The molecule has 158 valence electrons. The van der Waals surface area contributed by atoms with Gasteiger partial charge in [0.15, 0.2) is 17.2 Å². The Morgan fingerprint density at radius 1 is 1.10 bits per heavy atom. The second-order valence-electron chi connectivity index (χ2n) is 6.14. The molecule has 0 spiro atoms. The van der Waals surface area contributed by atoms with Crippen LogP contribution in [0.15, 0.2) is 23.9 Å². The maximum Gasteiger partial charge on any atom is 0.347 e. The first kappa shape index (κ1) is 22.1. The number of anilines is 2. The van der Waals surface area contributed by atoms with Crippen LogP contribution in [0.1, 0.15) is 20.8 Å². The van der Waals surface area contributed by atoms with E-state index in [4.69, 9.17) is 9.47 Å². The number of carbonyl (C=O) groups excluding carboxylic acids is 3. The lowest BCUT2D eigenvalue weighted by molar-refractivity contribution is -0.146. The number of rotatable bonds is 7. The number of esters is 2. The van der Waals surface area contributed by atoms with Gasteiger partial charge >= 0.3 is 11.9 Å². The lowest BCUT2D eigenvalue weighted by atomic mass is 10.3. The van der Waals surface area contributed by atoms with Gasteiger partial charge < -0.3 is 24.6 Å². The van der Waals surface area contributed by atoms with Crippen LogP contribution in [0.25, 0.3) is 0 Å². The largest absolute Gasteiger partial charge is 0.462 e. The normalized spacial score (nSPS) is 13.5. The van der Waals surface area contributed by atoms with Crippen molar-refractivity contribution in [1.29, 1.82) is 0 Å². The van der Waals surface area contributed by atoms with Crippen LogP contribution in [0.2, 0.25) is 0 Å². The minimum Gasteiger partial charge on any atom is -0.462 e. The van der Waals surface area contributed by atoms with Gasteiger partial charge in [-0.25, -0.2) is 19.0 Å². The number of amides is 1. The number of nitrogens with one attached hydrogen (secondary N) is 1. The lowest BCUT2D eigenvalue weighted by Gasteiger charge is -2.35. The van der Waals surface area contributed by atoms with Crippen LogP contribution in [0.5, 0.6) is 0 Å². The Labute approximate surface area is 168 Å². The molecule has 29 heavy (non-hydrogen) atoms. The smallest absolute Gasteiger partial charge is 0.347 e. The summed E-state index contributed by atoms with van der Waals surface area (Å²) in [5.74, 6) is -1.83. The Bertz CT molecular complexity index is 771. The van der Waals surface area contributed by atoms with E-state index < -0.39 is 17.8 Å². The second kappa shape index (κ2) is 10.4. The van der Waals surface area contributed by atoms with Crippen LogP contribution in [0, 0.1) is 5.82 Å². The zero-order valence-electron chi connectivity index (χ0n) is 16.7. The number of ether oxygens (including phenoxy) is 2. The molecule has 10 heteroatoms. The maximum absolute atomic E-state index is 14.3. The van der Waals surface area contributed by atoms with Crippen molar-refractivity contribution in [3.63, 3.8) is 0 Å². The summed E-state index contributed by atoms with van der Waals surface area (Å²) in [5.41, 5.74) is -0.323. The first-order valence-corrected chi connectivity index (χ1v) is 9.35. The predicted molar refractivity (Wildman–Crippen MR) is 104 cm³/mol. The molecule has 1 N–H and O–H groups in total. The summed E-state index contributed by atoms with van der Waals surface area (Å²) in [6.07, 6.45) is 1.13. The van der Waals surface area contributed by atoms with Gasteiger partial charge in [-0.15, -0.1) is 0 Å². The fourth-order valence-electron chi connectivity index (χ4n) is 2.73. The highest BCUT2D eigenvalue weighted by atomic mass is 19.1. The van der Waals surface area contributed by atoms with Gasteiger partial charge in [0.25, 0.3) is 0 Å². The molecule has 1 fully saturated rings. The van der Waals surface area contributed by atoms with Crippen molar-refractivity contribution >= 4 is 29.5 Å². The molecule has 9 nitrogen and oxygen atoms in total. The fourth-order valence-corrected chi connectivity index (χ4v) is 2.73. The van der Waals surface area contributed by atoms with E-state index in [0.29, 0.717) is 26.2 Å². The van der Waals surface area contributed by atoms with Crippen molar-refractivity contribution < 1.29 is 28.2 Å². The minimum absolute atomic E-state index is 0.0240. The lowest BCUT2D eigenvalue weighted by Crippen LogP contribution is -2.48. The van der Waals surface area contributed by atoms with Gasteiger partial charge in [-0.05, 0) is 26.0 Å². The fraction of sp³-hybridized carbons (Fsp3) is 0.474. The molecule has 1 amide bonds. The quantitative estimate of drug-likeness (QED) is 0.312. The van der Waals surface area contributed by atoms with Crippen LogP contribution in [-0.2, 0) is 23.9 Å². The summed E-state index contributed by atoms with van der Waals surface area (Å²) in [7, 11) is 0. The molecular weight excluding hydrogens is 383 g/mol. The number of halogens is 1. The van der Waals surface area contributed by atoms with Crippen molar-refractivity contribution in [1.82, 2.24) is 9.88 Å². The molecular formula is C19H25FN4O5. The Morgan fingerprint density at radius 2 is 1.69 bits per heavy atom. The van der Waals surface area contributed by atoms with Crippen LogP contribution < -0.4 is 10.2 Å². The molecule has 1 aromatic rings. The highest BCUT2D eigenvalue weighted by molar-refractivity contribution is 6.14. The predicted octanol–water partition coefficient (Wildman–Crippen LogP) is 1.31. The molecule has 0 aliphatic carbocycles. The molecule has 0 atom stereocenters. The first-order valence-electron chi connectivity index (χ1n) is 9.35. The Hall–Kier alpha value is -3.17. The highest BCUT2D eigenvalue weighted by Gasteiger charge is 2.23. The number of pyridine rings is 1. The molecule has 0 unspecified atom stereocenters. The number of piperazine rings is 1. The number of carbonyl (C=O) groups is 3. The maximum atomic E-state index is 14.3. The molecule has 0 bridgehead atoms. The first-order chi connectivity index (χ1) is 13.9. The van der Waals surface area contributed by atoms with E-state index in [0.717, 1.165) is 6.20 Å². The summed E-state index contributed by atoms with van der Waals surface area (Å²) >= 11 is 0. The molecule has 0 saturated carbocycles.